The average Bonchev–Trinajstić information content (AvgIpc) is 2.53. The topological polar surface area (TPSA) is 53.3 Å². The van der Waals surface area contributed by atoms with E-state index in [0.717, 1.165) is 31.5 Å². The number of nitrogens with zero attached hydrogens (tertiary/aromatic N) is 2. The summed E-state index contributed by atoms with van der Waals surface area (Å²) in [4.78, 5) is 14.6. The summed E-state index contributed by atoms with van der Waals surface area (Å²) >= 11 is 0. The molecule has 4 nitrogen and oxygen atoms in total. The van der Waals surface area contributed by atoms with Crippen LogP contribution < -0.4 is 0 Å². The van der Waals surface area contributed by atoms with E-state index in [9.17, 15) is 10.1 Å². The molecule has 1 atom stereocenters. The summed E-state index contributed by atoms with van der Waals surface area (Å²) in [5.74, 6) is -0.341. The predicted octanol–water partition coefficient (Wildman–Crippen LogP) is 2.45. The van der Waals surface area contributed by atoms with Crippen molar-refractivity contribution in [1.82, 2.24) is 4.90 Å². The maximum Gasteiger partial charge on any atom is 0.332 e. The molecule has 0 amide bonds. The van der Waals surface area contributed by atoms with Crippen LogP contribution in [0.2, 0.25) is 0 Å². The lowest BCUT2D eigenvalue weighted by atomic mass is 9.83. The van der Waals surface area contributed by atoms with Gasteiger partial charge in [0.15, 0.2) is 5.54 Å². The summed E-state index contributed by atoms with van der Waals surface area (Å²) in [6.45, 7) is 1.65. The van der Waals surface area contributed by atoms with Crippen LogP contribution in [0, 0.1) is 11.3 Å². The third kappa shape index (κ3) is 2.54. The minimum Gasteiger partial charge on any atom is -0.467 e. The Kier molecular flexibility index (Phi) is 4.75. The van der Waals surface area contributed by atoms with Gasteiger partial charge in [0.25, 0.3) is 0 Å². The summed E-state index contributed by atoms with van der Waals surface area (Å²) in [5.41, 5.74) is -0.124. The van der Waals surface area contributed by atoms with Gasteiger partial charge in [0, 0.05) is 0 Å². The number of benzene rings is 1. The number of carbonyl (C=O) groups excluding carboxylic acids is 1. The van der Waals surface area contributed by atoms with Gasteiger partial charge in [-0.15, -0.1) is 0 Å². The first-order valence-electron chi connectivity index (χ1n) is 7.01. The molecule has 1 heterocycles. The molecule has 1 saturated heterocycles. The minimum absolute atomic E-state index is 0.115. The van der Waals surface area contributed by atoms with Crippen LogP contribution in [0.1, 0.15) is 31.2 Å². The highest BCUT2D eigenvalue weighted by Crippen LogP contribution is 2.35. The number of likely N-dealkylation sites (tertiary alicyclic amines) is 1. The van der Waals surface area contributed by atoms with Gasteiger partial charge in [-0.25, -0.2) is 4.79 Å². The van der Waals surface area contributed by atoms with Crippen LogP contribution in [0.4, 0.5) is 0 Å². The van der Waals surface area contributed by atoms with E-state index in [1.165, 1.54) is 13.5 Å². The van der Waals surface area contributed by atoms with Gasteiger partial charge < -0.3 is 4.74 Å². The molecule has 0 N–H and O–H groups in total. The van der Waals surface area contributed by atoms with Crippen molar-refractivity contribution in [2.75, 3.05) is 20.2 Å². The Balaban J connectivity index is 2.49. The highest BCUT2D eigenvalue weighted by Gasteiger charge is 2.47. The van der Waals surface area contributed by atoms with Gasteiger partial charge in [-0.1, -0.05) is 36.8 Å². The number of rotatable bonds is 4. The molecule has 0 radical (unpaired) electrons. The molecule has 1 aliphatic rings. The van der Waals surface area contributed by atoms with Crippen LogP contribution in [0.25, 0.3) is 0 Å². The highest BCUT2D eigenvalue weighted by atomic mass is 16.5. The molecule has 0 spiro atoms. The maximum absolute atomic E-state index is 12.5. The smallest absolute Gasteiger partial charge is 0.332 e. The Morgan fingerprint density at radius 2 is 1.95 bits per heavy atom. The number of hydrogen-bond donors (Lipinski definition) is 0. The van der Waals surface area contributed by atoms with E-state index in [-0.39, 0.29) is 12.4 Å². The maximum atomic E-state index is 12.5. The van der Waals surface area contributed by atoms with Crippen LogP contribution in [-0.4, -0.2) is 31.1 Å². The first-order chi connectivity index (χ1) is 9.75. The number of piperidine rings is 1. The molecule has 1 aromatic carbocycles. The second-order valence-corrected chi connectivity index (χ2v) is 5.10. The summed E-state index contributed by atoms with van der Waals surface area (Å²) in [6.07, 6.45) is 3.40. The fourth-order valence-electron chi connectivity index (χ4n) is 2.99. The molecule has 1 aliphatic heterocycles. The van der Waals surface area contributed by atoms with E-state index >= 15 is 0 Å². The second-order valence-electron chi connectivity index (χ2n) is 5.10. The van der Waals surface area contributed by atoms with E-state index in [4.69, 9.17) is 4.74 Å². The number of ether oxygens (including phenoxy) is 1. The van der Waals surface area contributed by atoms with Crippen molar-refractivity contribution >= 4 is 5.97 Å². The van der Waals surface area contributed by atoms with Crippen molar-refractivity contribution < 1.29 is 9.53 Å². The van der Waals surface area contributed by atoms with Crippen LogP contribution in [0.5, 0.6) is 0 Å². The van der Waals surface area contributed by atoms with Crippen molar-refractivity contribution in [3.8, 4) is 6.07 Å². The molecular formula is C16H20N2O2. The number of nitriles is 1. The zero-order valence-electron chi connectivity index (χ0n) is 11.8. The van der Waals surface area contributed by atoms with Gasteiger partial charge >= 0.3 is 5.97 Å². The zero-order valence-corrected chi connectivity index (χ0v) is 11.8. The predicted molar refractivity (Wildman–Crippen MR) is 75.8 cm³/mol. The molecule has 1 aromatic rings. The van der Waals surface area contributed by atoms with Crippen LogP contribution in [-0.2, 0) is 15.1 Å². The normalized spacial score (nSPS) is 18.8. The molecule has 0 aromatic heterocycles. The minimum atomic E-state index is -0.967. The number of esters is 1. The van der Waals surface area contributed by atoms with Gasteiger partial charge in [-0.05, 0) is 31.5 Å². The average molecular weight is 272 g/mol. The summed E-state index contributed by atoms with van der Waals surface area (Å²) in [6, 6.07) is 11.7. The highest BCUT2D eigenvalue weighted by molar-refractivity contribution is 5.83. The third-order valence-corrected chi connectivity index (χ3v) is 4.01. The Labute approximate surface area is 120 Å². The lowest BCUT2D eigenvalue weighted by Gasteiger charge is -2.42. The molecule has 0 bridgehead atoms. The number of methoxy groups -OCH3 is 1. The lowest BCUT2D eigenvalue weighted by molar-refractivity contribution is -0.157. The van der Waals surface area contributed by atoms with Crippen LogP contribution in [0.3, 0.4) is 0 Å². The Hall–Kier alpha value is -1.86. The molecule has 0 aliphatic carbocycles. The number of carbonyl (C=O) groups is 1. The van der Waals surface area contributed by atoms with Crippen molar-refractivity contribution in [3.63, 3.8) is 0 Å². The van der Waals surface area contributed by atoms with Gasteiger partial charge in [-0.2, -0.15) is 5.26 Å². The quantitative estimate of drug-likeness (QED) is 0.790. The van der Waals surface area contributed by atoms with Gasteiger partial charge in [0.1, 0.15) is 0 Å². The fourth-order valence-corrected chi connectivity index (χ4v) is 2.99. The first-order valence-corrected chi connectivity index (χ1v) is 7.01. The first kappa shape index (κ1) is 14.5. The molecular weight excluding hydrogens is 252 g/mol. The zero-order chi connectivity index (χ0) is 14.4. The molecule has 0 saturated carbocycles. The molecule has 2 rings (SSSR count). The monoisotopic (exact) mass is 272 g/mol. The Bertz CT molecular complexity index is 489. The molecule has 4 heteroatoms. The summed E-state index contributed by atoms with van der Waals surface area (Å²) in [5, 5.41) is 9.25. The molecule has 1 unspecified atom stereocenters. The van der Waals surface area contributed by atoms with Crippen LogP contribution in [0.15, 0.2) is 30.3 Å². The van der Waals surface area contributed by atoms with E-state index in [1.807, 2.05) is 30.3 Å². The summed E-state index contributed by atoms with van der Waals surface area (Å²) in [7, 11) is 1.39. The van der Waals surface area contributed by atoms with Crippen molar-refractivity contribution in [2.45, 2.75) is 31.2 Å². The van der Waals surface area contributed by atoms with Crippen LogP contribution >= 0.6 is 0 Å². The number of hydrogen-bond acceptors (Lipinski definition) is 4. The lowest BCUT2D eigenvalue weighted by Crippen LogP contribution is -2.54. The molecule has 20 heavy (non-hydrogen) atoms. The van der Waals surface area contributed by atoms with Gasteiger partial charge in [0.2, 0.25) is 0 Å². The Morgan fingerprint density at radius 3 is 2.50 bits per heavy atom. The SMILES string of the molecule is COC(=O)C(CC#N)(c1ccccc1)N1CCCCC1. The van der Waals surface area contributed by atoms with E-state index < -0.39 is 5.54 Å². The van der Waals surface area contributed by atoms with E-state index in [2.05, 4.69) is 11.0 Å². The van der Waals surface area contributed by atoms with Gasteiger partial charge in [-0.3, -0.25) is 4.90 Å². The summed E-state index contributed by atoms with van der Waals surface area (Å²) < 4.78 is 5.04. The van der Waals surface area contributed by atoms with Crippen molar-refractivity contribution in [3.05, 3.63) is 35.9 Å². The van der Waals surface area contributed by atoms with Crippen molar-refractivity contribution in [2.24, 2.45) is 0 Å². The largest absolute Gasteiger partial charge is 0.467 e. The Morgan fingerprint density at radius 1 is 1.30 bits per heavy atom. The molecule has 1 fully saturated rings. The third-order valence-electron chi connectivity index (χ3n) is 4.01. The standard InChI is InChI=1S/C16H20N2O2/c1-20-15(19)16(10-11-17,14-8-4-2-5-9-14)18-12-6-3-7-13-18/h2,4-5,8-9H,3,6-7,10,12-13H2,1H3. The van der Waals surface area contributed by atoms with E-state index in [0.29, 0.717) is 0 Å². The van der Waals surface area contributed by atoms with Gasteiger partial charge in [0.05, 0.1) is 19.6 Å². The fraction of sp³-hybridized carbons (Fsp3) is 0.500. The second kappa shape index (κ2) is 6.53. The molecule has 106 valence electrons. The van der Waals surface area contributed by atoms with E-state index in [1.54, 1.807) is 0 Å². The van der Waals surface area contributed by atoms with Crippen molar-refractivity contribution in [1.29, 1.82) is 5.26 Å².